The van der Waals surface area contributed by atoms with Crippen molar-refractivity contribution in [2.45, 2.75) is 10.5 Å². The second-order valence-electron chi connectivity index (χ2n) is 6.29. The number of aromatic hydroxyl groups is 2. The lowest BCUT2D eigenvalue weighted by Gasteiger charge is -2.30. The molecular weight excluding hydrogens is 848 g/mol. The summed E-state index contributed by atoms with van der Waals surface area (Å²) in [5.41, 5.74) is 0.218. The van der Waals surface area contributed by atoms with E-state index in [0.29, 0.717) is 31.0 Å². The molecule has 5 nitrogen and oxygen atoms in total. The number of fused-ring (bicyclic) bond motifs is 1. The average molecular weight is 858 g/mol. The largest absolute Gasteiger partial charge is 0.506 e. The normalized spacial score (nSPS) is 16.6. The maximum atomic E-state index is 13.0. The first kappa shape index (κ1) is 22.3. The van der Waals surface area contributed by atoms with Crippen LogP contribution in [-0.4, -0.2) is 18.6 Å². The molecule has 1 aliphatic rings. The minimum absolute atomic E-state index is 0.108. The molecule has 0 atom stereocenters. The molecule has 3 aromatic carbocycles. The van der Waals surface area contributed by atoms with Gasteiger partial charge in [0.1, 0.15) is 16.4 Å². The molecule has 0 radical (unpaired) electrons. The van der Waals surface area contributed by atoms with Gasteiger partial charge in [-0.15, -0.1) is 0 Å². The van der Waals surface area contributed by atoms with Crippen LogP contribution in [-0.2, 0) is 19.9 Å². The van der Waals surface area contributed by atoms with Crippen LogP contribution in [0.15, 0.2) is 53.4 Å². The Kier molecular flexibility index (Phi) is 6.07. The molecule has 4 rings (SSSR count). The van der Waals surface area contributed by atoms with Gasteiger partial charge in [0.05, 0.1) is 14.3 Å². The van der Waals surface area contributed by atoms with Crippen molar-refractivity contribution in [1.82, 2.24) is 0 Å². The highest BCUT2D eigenvalue weighted by Gasteiger charge is 2.51. The van der Waals surface area contributed by atoms with Gasteiger partial charge in [0.25, 0.3) is 10.1 Å². The van der Waals surface area contributed by atoms with Crippen LogP contribution in [0.25, 0.3) is 0 Å². The lowest BCUT2D eigenvalue weighted by atomic mass is 9.80. The molecule has 3 aromatic rings. The van der Waals surface area contributed by atoms with Crippen LogP contribution in [0.3, 0.4) is 0 Å². The van der Waals surface area contributed by atoms with Gasteiger partial charge in [0, 0.05) is 5.56 Å². The van der Waals surface area contributed by atoms with Crippen LogP contribution in [0.5, 0.6) is 11.5 Å². The summed E-state index contributed by atoms with van der Waals surface area (Å²) in [6.07, 6.45) is 0. The van der Waals surface area contributed by atoms with Crippen LogP contribution in [0.4, 0.5) is 0 Å². The van der Waals surface area contributed by atoms with E-state index in [-0.39, 0.29) is 16.4 Å². The molecule has 1 aliphatic heterocycles. The summed E-state index contributed by atoms with van der Waals surface area (Å²) in [4.78, 5) is 0.108. The molecule has 0 spiro atoms. The summed E-state index contributed by atoms with van der Waals surface area (Å²) in [5.74, 6) is 0.267. The molecule has 1 heterocycles. The van der Waals surface area contributed by atoms with E-state index in [2.05, 4.69) is 0 Å². The van der Waals surface area contributed by atoms with E-state index >= 15 is 0 Å². The van der Waals surface area contributed by atoms with Crippen molar-refractivity contribution in [2.24, 2.45) is 0 Å². The van der Waals surface area contributed by atoms with Crippen molar-refractivity contribution in [2.75, 3.05) is 0 Å². The summed E-state index contributed by atoms with van der Waals surface area (Å²) in [7, 11) is -4.02. The van der Waals surface area contributed by atoms with E-state index in [0.717, 1.165) is 0 Å². The first-order valence-corrected chi connectivity index (χ1v) is 13.7. The molecular formula is C19H10I4O5S. The molecule has 10 heteroatoms. The van der Waals surface area contributed by atoms with Gasteiger partial charge in [0.2, 0.25) is 0 Å². The summed E-state index contributed by atoms with van der Waals surface area (Å²) in [6, 6.07) is 13.6. The topological polar surface area (TPSA) is 83.8 Å². The van der Waals surface area contributed by atoms with E-state index < -0.39 is 15.7 Å². The number of phenolic OH excluding ortho intramolecular Hbond substituents is 2. The maximum Gasteiger partial charge on any atom is 0.298 e. The SMILES string of the molecule is O=S1(=O)OC(c2cc(I)c(O)c(I)c2)(c2cc(I)c(O)c(I)c2)c2ccccc21. The molecule has 0 saturated carbocycles. The fraction of sp³-hybridized carbons (Fsp3) is 0.0526. The maximum absolute atomic E-state index is 13.0. The molecule has 0 aromatic heterocycles. The Balaban J connectivity index is 2.16. The van der Waals surface area contributed by atoms with E-state index in [9.17, 15) is 18.6 Å². The highest BCUT2D eigenvalue weighted by molar-refractivity contribution is 14.1. The third-order valence-corrected chi connectivity index (χ3v) is 9.27. The molecule has 0 fully saturated rings. The standard InChI is InChI=1S/C19H10I4O5S/c20-12-5-9(6-13(21)17(12)24)19(10-7-14(22)18(25)15(23)8-10)11-3-1-2-4-16(11)29(26,27)28-19/h1-8,24-25H. The van der Waals surface area contributed by atoms with Crippen molar-refractivity contribution in [1.29, 1.82) is 0 Å². The Morgan fingerprint density at radius 3 is 1.62 bits per heavy atom. The van der Waals surface area contributed by atoms with Gasteiger partial charge >= 0.3 is 0 Å². The predicted molar refractivity (Wildman–Crippen MR) is 142 cm³/mol. The number of phenols is 2. The van der Waals surface area contributed by atoms with Gasteiger partial charge in [0.15, 0.2) is 5.60 Å². The van der Waals surface area contributed by atoms with Crippen molar-refractivity contribution in [3.8, 4) is 11.5 Å². The Morgan fingerprint density at radius 1 is 0.759 bits per heavy atom. The number of hydrogen-bond acceptors (Lipinski definition) is 5. The third-order valence-electron chi connectivity index (χ3n) is 4.62. The second-order valence-corrected chi connectivity index (χ2v) is 12.5. The minimum Gasteiger partial charge on any atom is -0.506 e. The van der Waals surface area contributed by atoms with Crippen molar-refractivity contribution < 1.29 is 22.8 Å². The van der Waals surface area contributed by atoms with E-state index in [1.54, 1.807) is 42.5 Å². The predicted octanol–water partition coefficient (Wildman–Crippen LogP) is 5.53. The highest BCUT2D eigenvalue weighted by atomic mass is 127. The van der Waals surface area contributed by atoms with Gasteiger partial charge in [-0.1, -0.05) is 18.2 Å². The number of hydrogen-bond donors (Lipinski definition) is 2. The van der Waals surface area contributed by atoms with Gasteiger partial charge in [-0.25, -0.2) is 4.18 Å². The molecule has 0 aliphatic carbocycles. The number of rotatable bonds is 2. The van der Waals surface area contributed by atoms with Gasteiger partial charge in [-0.2, -0.15) is 8.42 Å². The average Bonchev–Trinajstić information content (AvgIpc) is 2.92. The molecule has 0 saturated heterocycles. The fourth-order valence-electron chi connectivity index (χ4n) is 3.34. The Labute approximate surface area is 221 Å². The van der Waals surface area contributed by atoms with Crippen LogP contribution < -0.4 is 0 Å². The van der Waals surface area contributed by atoms with E-state index in [4.69, 9.17) is 4.18 Å². The summed E-state index contributed by atoms with van der Waals surface area (Å²) in [5, 5.41) is 20.5. The minimum atomic E-state index is -4.02. The second kappa shape index (κ2) is 7.90. The van der Waals surface area contributed by atoms with Gasteiger partial charge < -0.3 is 10.2 Å². The van der Waals surface area contributed by atoms with E-state index in [1.807, 2.05) is 90.4 Å². The monoisotopic (exact) mass is 858 g/mol. The first-order valence-electron chi connectivity index (χ1n) is 8.00. The van der Waals surface area contributed by atoms with Crippen LogP contribution in [0.1, 0.15) is 16.7 Å². The van der Waals surface area contributed by atoms with Crippen molar-refractivity contribution in [3.05, 3.63) is 79.5 Å². The zero-order valence-electron chi connectivity index (χ0n) is 14.2. The number of halogens is 4. The van der Waals surface area contributed by atoms with E-state index in [1.165, 1.54) is 6.07 Å². The summed E-state index contributed by atoms with van der Waals surface area (Å²) < 4.78 is 34.1. The van der Waals surface area contributed by atoms with Crippen molar-refractivity contribution >= 4 is 100 Å². The molecule has 29 heavy (non-hydrogen) atoms. The Hall–Kier alpha value is 0.0900. The summed E-state index contributed by atoms with van der Waals surface area (Å²) in [6.45, 7) is 0. The van der Waals surface area contributed by atoms with Gasteiger partial charge in [-0.05, 0) is 132 Å². The Bertz CT molecular complexity index is 1170. The Morgan fingerprint density at radius 2 is 1.17 bits per heavy atom. The quantitative estimate of drug-likeness (QED) is 0.262. The van der Waals surface area contributed by atoms with Crippen LogP contribution >= 0.6 is 90.4 Å². The zero-order valence-corrected chi connectivity index (χ0v) is 23.6. The smallest absolute Gasteiger partial charge is 0.298 e. The fourth-order valence-corrected chi connectivity index (χ4v) is 8.30. The number of benzene rings is 3. The molecule has 0 amide bonds. The third kappa shape index (κ3) is 3.58. The lowest BCUT2D eigenvalue weighted by molar-refractivity contribution is 0.179. The zero-order chi connectivity index (χ0) is 21.1. The summed E-state index contributed by atoms with van der Waals surface area (Å²) >= 11 is 8.05. The molecule has 150 valence electrons. The van der Waals surface area contributed by atoms with Gasteiger partial charge in [-0.3, -0.25) is 0 Å². The highest BCUT2D eigenvalue weighted by Crippen LogP contribution is 2.52. The van der Waals surface area contributed by atoms with Crippen LogP contribution in [0, 0.1) is 14.3 Å². The first-order chi connectivity index (χ1) is 13.6. The lowest BCUT2D eigenvalue weighted by Crippen LogP contribution is -2.30. The molecule has 0 unspecified atom stereocenters. The molecule has 2 N–H and O–H groups in total. The van der Waals surface area contributed by atoms with Crippen molar-refractivity contribution in [3.63, 3.8) is 0 Å². The van der Waals surface area contributed by atoms with Crippen LogP contribution in [0.2, 0.25) is 0 Å². The molecule has 0 bridgehead atoms.